The first-order valence-corrected chi connectivity index (χ1v) is 5.32. The van der Waals surface area contributed by atoms with Gasteiger partial charge in [0.1, 0.15) is 5.82 Å². The summed E-state index contributed by atoms with van der Waals surface area (Å²) in [5.74, 6) is 0.00932. The molecule has 0 aliphatic carbocycles. The summed E-state index contributed by atoms with van der Waals surface area (Å²) in [6.07, 6.45) is -3.48. The van der Waals surface area contributed by atoms with Crippen LogP contribution in [0.2, 0.25) is 0 Å². The number of nitrogens with one attached hydrogen (secondary N) is 1. The lowest BCUT2D eigenvalue weighted by Crippen LogP contribution is -2.37. The Labute approximate surface area is 101 Å². The van der Waals surface area contributed by atoms with E-state index in [1.54, 1.807) is 6.92 Å². The maximum absolute atomic E-state index is 12.4. The van der Waals surface area contributed by atoms with Gasteiger partial charge >= 0.3 is 6.18 Å². The molecular formula is C10H11F3N4O. The Morgan fingerprint density at radius 1 is 1.50 bits per heavy atom. The van der Waals surface area contributed by atoms with Crippen LogP contribution < -0.4 is 0 Å². The second-order valence-electron chi connectivity index (χ2n) is 3.97. The zero-order valence-corrected chi connectivity index (χ0v) is 9.58. The van der Waals surface area contributed by atoms with E-state index in [0.29, 0.717) is 5.82 Å². The molecule has 0 spiro atoms. The average Bonchev–Trinajstić information content (AvgIpc) is 2.74. The molecule has 2 rings (SSSR count). The highest BCUT2D eigenvalue weighted by Crippen LogP contribution is 2.30. The molecule has 1 aliphatic rings. The summed E-state index contributed by atoms with van der Waals surface area (Å²) in [5.41, 5.74) is -0.585. The third kappa shape index (κ3) is 2.52. The number of H-pyrrole nitrogens is 1. The van der Waals surface area contributed by atoms with Gasteiger partial charge in [0.2, 0.25) is 5.82 Å². The quantitative estimate of drug-likeness (QED) is 0.777. The maximum Gasteiger partial charge on any atom is 0.412 e. The van der Waals surface area contributed by atoms with Gasteiger partial charge in [0.15, 0.2) is 0 Å². The largest absolute Gasteiger partial charge is 0.412 e. The van der Waals surface area contributed by atoms with E-state index in [4.69, 9.17) is 0 Å². The van der Waals surface area contributed by atoms with Crippen LogP contribution in [0.5, 0.6) is 0 Å². The van der Waals surface area contributed by atoms with Gasteiger partial charge in [0.05, 0.1) is 0 Å². The van der Waals surface area contributed by atoms with Gasteiger partial charge in [0.25, 0.3) is 5.91 Å². The zero-order chi connectivity index (χ0) is 13.3. The van der Waals surface area contributed by atoms with E-state index in [2.05, 4.69) is 15.2 Å². The number of hydrogen-bond donors (Lipinski definition) is 1. The summed E-state index contributed by atoms with van der Waals surface area (Å²) < 4.78 is 37.2. The van der Waals surface area contributed by atoms with Crippen LogP contribution in [0.3, 0.4) is 0 Å². The molecule has 1 aromatic rings. The molecule has 0 saturated carbocycles. The molecule has 98 valence electrons. The number of aryl methyl sites for hydroxylation is 1. The first-order valence-electron chi connectivity index (χ1n) is 5.32. The number of aromatic nitrogens is 3. The lowest BCUT2D eigenvalue weighted by Gasteiger charge is -2.26. The highest BCUT2D eigenvalue weighted by Gasteiger charge is 2.35. The van der Waals surface area contributed by atoms with Crippen LogP contribution >= 0.6 is 0 Å². The number of carbonyl (C=O) groups is 1. The van der Waals surface area contributed by atoms with E-state index in [9.17, 15) is 18.0 Å². The molecule has 8 heteroatoms. The molecular weight excluding hydrogens is 249 g/mol. The molecule has 1 N–H and O–H groups in total. The van der Waals surface area contributed by atoms with E-state index in [0.717, 1.165) is 6.08 Å². The highest BCUT2D eigenvalue weighted by atomic mass is 19.4. The number of hydrogen-bond acceptors (Lipinski definition) is 3. The number of amides is 1. The summed E-state index contributed by atoms with van der Waals surface area (Å²) in [5, 5.41) is 6.21. The van der Waals surface area contributed by atoms with E-state index in [1.807, 2.05) is 0 Å². The van der Waals surface area contributed by atoms with Crippen molar-refractivity contribution in [3.05, 3.63) is 23.3 Å². The van der Waals surface area contributed by atoms with Crippen LogP contribution in [-0.2, 0) is 0 Å². The normalized spacial score (nSPS) is 16.7. The van der Waals surface area contributed by atoms with Crippen LogP contribution in [-0.4, -0.2) is 45.3 Å². The SMILES string of the molecule is Cc1nc(C(=O)N2CC=C(C(F)(F)F)CC2)n[nH]1. The molecule has 0 fully saturated rings. The van der Waals surface area contributed by atoms with Crippen molar-refractivity contribution in [2.24, 2.45) is 0 Å². The Balaban J connectivity index is 2.06. The van der Waals surface area contributed by atoms with Gasteiger partial charge in [-0.2, -0.15) is 13.2 Å². The second-order valence-corrected chi connectivity index (χ2v) is 3.97. The van der Waals surface area contributed by atoms with Gasteiger partial charge < -0.3 is 4.90 Å². The van der Waals surface area contributed by atoms with Gasteiger partial charge in [-0.25, -0.2) is 4.98 Å². The maximum atomic E-state index is 12.4. The van der Waals surface area contributed by atoms with Gasteiger partial charge in [-0.15, -0.1) is 5.10 Å². The molecule has 1 aromatic heterocycles. The number of carbonyl (C=O) groups excluding carboxylic acids is 1. The van der Waals surface area contributed by atoms with Crippen molar-refractivity contribution in [1.82, 2.24) is 20.1 Å². The van der Waals surface area contributed by atoms with E-state index >= 15 is 0 Å². The Bertz CT molecular complexity index is 492. The molecule has 1 aliphatic heterocycles. The van der Waals surface area contributed by atoms with Gasteiger partial charge in [-0.3, -0.25) is 9.89 Å². The first-order chi connectivity index (χ1) is 8.38. The van der Waals surface area contributed by atoms with Crippen molar-refractivity contribution >= 4 is 5.91 Å². The topological polar surface area (TPSA) is 61.9 Å². The van der Waals surface area contributed by atoms with Crippen molar-refractivity contribution in [3.63, 3.8) is 0 Å². The van der Waals surface area contributed by atoms with Gasteiger partial charge in [-0.1, -0.05) is 6.08 Å². The van der Waals surface area contributed by atoms with E-state index in [-0.39, 0.29) is 25.3 Å². The smallest absolute Gasteiger partial charge is 0.332 e. The van der Waals surface area contributed by atoms with Crippen molar-refractivity contribution < 1.29 is 18.0 Å². The summed E-state index contributed by atoms with van der Waals surface area (Å²) in [7, 11) is 0. The van der Waals surface area contributed by atoms with Crippen molar-refractivity contribution in [2.75, 3.05) is 13.1 Å². The molecule has 1 amide bonds. The summed E-state index contributed by atoms with van der Waals surface area (Å²) in [6, 6.07) is 0. The Morgan fingerprint density at radius 3 is 2.67 bits per heavy atom. The molecule has 2 heterocycles. The number of rotatable bonds is 1. The third-order valence-corrected chi connectivity index (χ3v) is 2.65. The minimum absolute atomic E-state index is 0.0173. The fraction of sp³-hybridized carbons (Fsp3) is 0.500. The molecule has 0 radical (unpaired) electrons. The number of nitrogens with zero attached hydrogens (tertiary/aromatic N) is 3. The second kappa shape index (κ2) is 4.43. The Morgan fingerprint density at radius 2 is 2.22 bits per heavy atom. The third-order valence-electron chi connectivity index (χ3n) is 2.65. The summed E-state index contributed by atoms with van der Waals surface area (Å²) in [4.78, 5) is 17.0. The van der Waals surface area contributed by atoms with E-state index in [1.165, 1.54) is 4.90 Å². The minimum Gasteiger partial charge on any atom is -0.332 e. The molecule has 5 nitrogen and oxygen atoms in total. The standard InChI is InChI=1S/C10H11F3N4O/c1-6-14-8(16-15-6)9(18)17-4-2-7(3-5-17)10(11,12)13/h2H,3-5H2,1H3,(H,14,15,16). The Hall–Kier alpha value is -1.86. The molecule has 0 aromatic carbocycles. The van der Waals surface area contributed by atoms with Crippen molar-refractivity contribution in [3.8, 4) is 0 Å². The molecule has 0 bridgehead atoms. The molecule has 0 unspecified atom stereocenters. The first kappa shape index (κ1) is 12.6. The van der Waals surface area contributed by atoms with E-state index < -0.39 is 17.7 Å². The average molecular weight is 260 g/mol. The minimum atomic E-state index is -4.31. The molecule has 18 heavy (non-hydrogen) atoms. The fourth-order valence-corrected chi connectivity index (χ4v) is 1.69. The predicted molar refractivity (Wildman–Crippen MR) is 55.8 cm³/mol. The van der Waals surface area contributed by atoms with Crippen LogP contribution in [0.4, 0.5) is 13.2 Å². The van der Waals surface area contributed by atoms with Crippen molar-refractivity contribution in [2.45, 2.75) is 19.5 Å². The predicted octanol–water partition coefficient (Wildman–Crippen LogP) is 1.45. The fourth-order valence-electron chi connectivity index (χ4n) is 1.69. The van der Waals surface area contributed by atoms with Crippen LogP contribution in [0, 0.1) is 6.92 Å². The molecule has 0 atom stereocenters. The van der Waals surface area contributed by atoms with Crippen LogP contribution in [0.15, 0.2) is 11.6 Å². The summed E-state index contributed by atoms with van der Waals surface area (Å²) >= 11 is 0. The zero-order valence-electron chi connectivity index (χ0n) is 9.58. The Kier molecular flexibility index (Phi) is 3.10. The van der Waals surface area contributed by atoms with Crippen molar-refractivity contribution in [1.29, 1.82) is 0 Å². The summed E-state index contributed by atoms with van der Waals surface area (Å²) in [6.45, 7) is 1.60. The van der Waals surface area contributed by atoms with Crippen LogP contribution in [0.25, 0.3) is 0 Å². The van der Waals surface area contributed by atoms with Gasteiger partial charge in [0, 0.05) is 18.7 Å². The van der Waals surface area contributed by atoms with Crippen LogP contribution in [0.1, 0.15) is 22.9 Å². The molecule has 0 saturated heterocycles. The number of alkyl halides is 3. The van der Waals surface area contributed by atoms with Gasteiger partial charge in [-0.05, 0) is 13.3 Å². The lowest BCUT2D eigenvalue weighted by molar-refractivity contribution is -0.0957. The monoisotopic (exact) mass is 260 g/mol. The number of aromatic amines is 1. The lowest BCUT2D eigenvalue weighted by atomic mass is 10.1. The number of halogens is 3. The highest BCUT2D eigenvalue weighted by molar-refractivity contribution is 5.90.